The van der Waals surface area contributed by atoms with Crippen LogP contribution in [0.5, 0.6) is 0 Å². The number of ether oxygens (including phenoxy) is 1. The van der Waals surface area contributed by atoms with Gasteiger partial charge in [0.2, 0.25) is 0 Å². The van der Waals surface area contributed by atoms with E-state index in [4.69, 9.17) is 4.74 Å². The summed E-state index contributed by atoms with van der Waals surface area (Å²) in [6.07, 6.45) is 4.62. The fourth-order valence-electron chi connectivity index (χ4n) is 4.98. The van der Waals surface area contributed by atoms with E-state index in [1.54, 1.807) is 49.4 Å². The van der Waals surface area contributed by atoms with Crippen molar-refractivity contribution < 1.29 is 22.3 Å². The van der Waals surface area contributed by atoms with Gasteiger partial charge in [-0.2, -0.15) is 17.6 Å². The lowest BCUT2D eigenvalue weighted by Crippen LogP contribution is -2.41. The highest BCUT2D eigenvalue weighted by Gasteiger charge is 2.29. The molecule has 0 radical (unpaired) electrons. The van der Waals surface area contributed by atoms with E-state index in [2.05, 4.69) is 10.4 Å². The third kappa shape index (κ3) is 4.31. The number of nitrogens with zero attached hydrogens (tertiary/aromatic N) is 3. The zero-order valence-electron chi connectivity index (χ0n) is 21.0. The first kappa shape index (κ1) is 25.0. The van der Waals surface area contributed by atoms with Gasteiger partial charge in [-0.15, -0.1) is 0 Å². The van der Waals surface area contributed by atoms with Crippen LogP contribution in [0.25, 0.3) is 33.6 Å². The highest BCUT2D eigenvalue weighted by atomic mass is 32.2. The van der Waals surface area contributed by atoms with Crippen molar-refractivity contribution in [2.75, 3.05) is 19.7 Å². The average molecular weight is 545 g/mol. The Hall–Kier alpha value is -4.28. The quantitative estimate of drug-likeness (QED) is 0.237. The summed E-state index contributed by atoms with van der Waals surface area (Å²) < 4.78 is 49.0. The number of carbonyl (C=O) groups excluding carboxylic acids is 1. The van der Waals surface area contributed by atoms with Gasteiger partial charge in [0, 0.05) is 52.8 Å². The first-order chi connectivity index (χ1) is 18.9. The first-order valence-electron chi connectivity index (χ1n) is 12.6. The molecule has 0 aliphatic carbocycles. The predicted molar refractivity (Wildman–Crippen MR) is 147 cm³/mol. The normalized spacial score (nSPS) is 14.3. The molecular weight excluding hydrogens is 519 g/mol. The van der Waals surface area contributed by atoms with E-state index in [1.165, 1.54) is 36.5 Å². The Morgan fingerprint density at radius 2 is 1.85 bits per heavy atom. The molecule has 1 saturated heterocycles. The fourth-order valence-corrected chi connectivity index (χ4v) is 6.27. The zero-order chi connectivity index (χ0) is 27.1. The molecule has 6 rings (SSSR count). The molecule has 0 unspecified atom stereocenters. The molecule has 10 heteroatoms. The molecule has 39 heavy (non-hydrogen) atoms. The number of benzene rings is 3. The monoisotopic (exact) mass is 544 g/mol. The molecule has 5 aromatic rings. The van der Waals surface area contributed by atoms with Crippen LogP contribution in [-0.4, -0.2) is 47.8 Å². The summed E-state index contributed by atoms with van der Waals surface area (Å²) in [5, 5.41) is 8.90. The summed E-state index contributed by atoms with van der Waals surface area (Å²) in [4.78, 5) is 12.4. The molecule has 0 amide bonds. The van der Waals surface area contributed by atoms with Crippen LogP contribution in [0.2, 0.25) is 0 Å². The zero-order valence-corrected chi connectivity index (χ0v) is 21.9. The Bertz CT molecular complexity index is 1840. The number of halogens is 1. The van der Waals surface area contributed by atoms with Gasteiger partial charge in [-0.3, -0.25) is 0 Å². The second-order valence-corrected chi connectivity index (χ2v) is 11.1. The second kappa shape index (κ2) is 9.79. The van der Waals surface area contributed by atoms with Gasteiger partial charge in [0.25, 0.3) is 10.0 Å². The smallest absolute Gasteiger partial charge is 0.330 e. The Labute approximate surface area is 224 Å². The maximum absolute atomic E-state index is 13.9. The molecule has 1 fully saturated rings. The van der Waals surface area contributed by atoms with Gasteiger partial charge in [0.15, 0.2) is 0 Å². The van der Waals surface area contributed by atoms with Crippen LogP contribution in [0.4, 0.5) is 4.39 Å². The first-order valence-corrected chi connectivity index (χ1v) is 14.0. The SMILES string of the molecule is CCOC(=O)/C=C/c1c(C2CNC2)n(-c2ccc(F)cc2)c2cc3cnn(S(=O)(=O)c4ccccc4)c3cc12. The minimum Gasteiger partial charge on any atom is -0.463 e. The lowest BCUT2D eigenvalue weighted by Gasteiger charge is -2.29. The number of hydrogen-bond acceptors (Lipinski definition) is 6. The Morgan fingerprint density at radius 1 is 1.10 bits per heavy atom. The third-order valence-electron chi connectivity index (χ3n) is 6.90. The van der Waals surface area contributed by atoms with Gasteiger partial charge in [-0.1, -0.05) is 18.2 Å². The van der Waals surface area contributed by atoms with Gasteiger partial charge in [0.05, 0.1) is 28.7 Å². The van der Waals surface area contributed by atoms with Crippen molar-refractivity contribution in [1.29, 1.82) is 0 Å². The Kier molecular flexibility index (Phi) is 6.28. The second-order valence-electron chi connectivity index (χ2n) is 9.29. The van der Waals surface area contributed by atoms with Crippen molar-refractivity contribution in [3.63, 3.8) is 0 Å². The Morgan fingerprint density at radius 3 is 2.51 bits per heavy atom. The summed E-state index contributed by atoms with van der Waals surface area (Å²) in [6, 6.07) is 18.0. The lowest BCUT2D eigenvalue weighted by atomic mass is 9.94. The molecule has 0 spiro atoms. The minimum absolute atomic E-state index is 0.122. The van der Waals surface area contributed by atoms with Crippen LogP contribution in [0, 0.1) is 5.82 Å². The van der Waals surface area contributed by atoms with Crippen LogP contribution in [-0.2, 0) is 19.6 Å². The van der Waals surface area contributed by atoms with Crippen LogP contribution in [0.15, 0.2) is 83.9 Å². The number of hydrogen-bond donors (Lipinski definition) is 1. The van der Waals surface area contributed by atoms with E-state index in [9.17, 15) is 17.6 Å². The predicted octanol–water partition coefficient (Wildman–Crippen LogP) is 4.62. The standard InChI is InChI=1S/C29H25FN4O4S/c1-2-38-28(35)13-12-24-25-15-26-19(18-32-34(26)39(36,37)23-6-4-3-5-7-23)14-27(25)33(29(24)20-16-31-17-20)22-10-8-21(30)9-11-22/h3-15,18,20,31H,2,16-17H2,1H3/b13-12+. The van der Waals surface area contributed by atoms with Crippen LogP contribution < -0.4 is 5.32 Å². The van der Waals surface area contributed by atoms with Crippen molar-refractivity contribution in [2.24, 2.45) is 0 Å². The Balaban J connectivity index is 1.65. The summed E-state index contributed by atoms with van der Waals surface area (Å²) >= 11 is 0. The number of esters is 1. The molecule has 1 aliphatic heterocycles. The molecule has 8 nitrogen and oxygen atoms in total. The highest BCUT2D eigenvalue weighted by molar-refractivity contribution is 7.90. The van der Waals surface area contributed by atoms with E-state index in [0.717, 1.165) is 45.0 Å². The van der Waals surface area contributed by atoms with Crippen molar-refractivity contribution in [2.45, 2.75) is 17.7 Å². The number of nitrogens with one attached hydrogen (secondary N) is 1. The van der Waals surface area contributed by atoms with E-state index in [-0.39, 0.29) is 23.2 Å². The topological polar surface area (TPSA) is 95.2 Å². The van der Waals surface area contributed by atoms with Crippen molar-refractivity contribution in [3.05, 3.63) is 96.1 Å². The molecule has 0 bridgehead atoms. The van der Waals surface area contributed by atoms with Gasteiger partial charge in [0.1, 0.15) is 5.82 Å². The summed E-state index contributed by atoms with van der Waals surface area (Å²) in [6.45, 7) is 3.45. The van der Waals surface area contributed by atoms with E-state index >= 15 is 0 Å². The van der Waals surface area contributed by atoms with E-state index < -0.39 is 16.0 Å². The number of rotatable bonds is 7. The minimum atomic E-state index is -3.95. The summed E-state index contributed by atoms with van der Waals surface area (Å²) in [5.41, 5.74) is 3.65. The van der Waals surface area contributed by atoms with E-state index in [1.807, 2.05) is 10.6 Å². The molecule has 2 aromatic heterocycles. The number of aromatic nitrogens is 3. The number of carbonyl (C=O) groups is 1. The van der Waals surface area contributed by atoms with Gasteiger partial charge < -0.3 is 14.6 Å². The average Bonchev–Trinajstić information content (AvgIpc) is 3.45. The van der Waals surface area contributed by atoms with Crippen molar-refractivity contribution in [1.82, 2.24) is 19.1 Å². The number of fused-ring (bicyclic) bond motifs is 2. The van der Waals surface area contributed by atoms with Crippen molar-refractivity contribution in [3.8, 4) is 5.69 Å². The maximum Gasteiger partial charge on any atom is 0.330 e. The van der Waals surface area contributed by atoms with Crippen LogP contribution >= 0.6 is 0 Å². The lowest BCUT2D eigenvalue weighted by molar-refractivity contribution is -0.137. The van der Waals surface area contributed by atoms with Crippen molar-refractivity contribution >= 4 is 43.9 Å². The van der Waals surface area contributed by atoms with Crippen LogP contribution in [0.3, 0.4) is 0 Å². The van der Waals surface area contributed by atoms with Gasteiger partial charge in [-0.25, -0.2) is 9.18 Å². The summed E-state index contributed by atoms with van der Waals surface area (Å²) in [5.74, 6) is -0.702. The fraction of sp³-hybridized carbons (Fsp3) is 0.172. The molecule has 3 heterocycles. The van der Waals surface area contributed by atoms with Crippen LogP contribution in [0.1, 0.15) is 24.1 Å². The molecule has 0 atom stereocenters. The molecule has 0 saturated carbocycles. The molecule has 1 N–H and O–H groups in total. The maximum atomic E-state index is 13.9. The molecular formula is C29H25FN4O4S. The summed E-state index contributed by atoms with van der Waals surface area (Å²) in [7, 11) is -3.95. The van der Waals surface area contributed by atoms with Gasteiger partial charge in [-0.05, 0) is 61.5 Å². The van der Waals surface area contributed by atoms with E-state index in [0.29, 0.717) is 10.9 Å². The molecule has 3 aromatic carbocycles. The third-order valence-corrected chi connectivity index (χ3v) is 8.51. The van der Waals surface area contributed by atoms with Gasteiger partial charge >= 0.3 is 5.97 Å². The molecule has 198 valence electrons. The highest BCUT2D eigenvalue weighted by Crippen LogP contribution is 2.39. The largest absolute Gasteiger partial charge is 0.463 e. The molecule has 1 aliphatic rings.